The molecule has 1 aliphatic rings. The fourth-order valence-electron chi connectivity index (χ4n) is 2.37. The SMILES string of the molecule is CCCNC1c2cccc(Br)c2SC1CCC. The molecule has 0 saturated heterocycles. The van der Waals surface area contributed by atoms with Crippen molar-refractivity contribution in [2.24, 2.45) is 0 Å². The van der Waals surface area contributed by atoms with Crippen LogP contribution in [0.2, 0.25) is 0 Å². The minimum atomic E-state index is 0.535. The molecular formula is C14H20BrNS. The molecule has 94 valence electrons. The fourth-order valence-corrected chi connectivity index (χ4v) is 4.57. The lowest BCUT2D eigenvalue weighted by atomic mass is 10.0. The van der Waals surface area contributed by atoms with Gasteiger partial charge in [0.05, 0.1) is 0 Å². The van der Waals surface area contributed by atoms with Crippen LogP contribution in [0.5, 0.6) is 0 Å². The van der Waals surface area contributed by atoms with Gasteiger partial charge in [0.1, 0.15) is 0 Å². The molecule has 0 bridgehead atoms. The fraction of sp³-hybridized carbons (Fsp3) is 0.571. The zero-order valence-corrected chi connectivity index (χ0v) is 12.9. The highest BCUT2D eigenvalue weighted by Gasteiger charge is 2.33. The predicted molar refractivity (Wildman–Crippen MR) is 79.7 cm³/mol. The van der Waals surface area contributed by atoms with Gasteiger partial charge in [-0.2, -0.15) is 0 Å². The molecule has 0 aliphatic carbocycles. The number of fused-ring (bicyclic) bond motifs is 1. The Bertz CT molecular complexity index is 380. The van der Waals surface area contributed by atoms with Gasteiger partial charge < -0.3 is 5.32 Å². The molecule has 0 radical (unpaired) electrons. The number of hydrogen-bond acceptors (Lipinski definition) is 2. The first-order chi connectivity index (χ1) is 8.27. The van der Waals surface area contributed by atoms with Crippen molar-refractivity contribution in [3.05, 3.63) is 28.2 Å². The summed E-state index contributed by atoms with van der Waals surface area (Å²) in [6.07, 6.45) is 3.74. The first kappa shape index (κ1) is 13.4. The van der Waals surface area contributed by atoms with Crippen LogP contribution >= 0.6 is 27.7 Å². The van der Waals surface area contributed by atoms with Crippen LogP contribution < -0.4 is 5.32 Å². The largest absolute Gasteiger partial charge is 0.309 e. The molecule has 0 saturated carbocycles. The van der Waals surface area contributed by atoms with E-state index in [1.54, 1.807) is 0 Å². The lowest BCUT2D eigenvalue weighted by molar-refractivity contribution is 0.498. The summed E-state index contributed by atoms with van der Waals surface area (Å²) in [7, 11) is 0. The predicted octanol–water partition coefficient (Wildman–Crippen LogP) is 4.76. The summed E-state index contributed by atoms with van der Waals surface area (Å²) in [4.78, 5) is 1.44. The summed E-state index contributed by atoms with van der Waals surface area (Å²) >= 11 is 5.71. The Morgan fingerprint density at radius 1 is 1.29 bits per heavy atom. The van der Waals surface area contributed by atoms with Crippen molar-refractivity contribution < 1.29 is 0 Å². The minimum absolute atomic E-state index is 0.535. The van der Waals surface area contributed by atoms with Gasteiger partial charge >= 0.3 is 0 Å². The highest BCUT2D eigenvalue weighted by Crippen LogP contribution is 2.48. The van der Waals surface area contributed by atoms with E-state index >= 15 is 0 Å². The second-order valence-electron chi connectivity index (χ2n) is 4.53. The van der Waals surface area contributed by atoms with Crippen molar-refractivity contribution in [2.45, 2.75) is 49.3 Å². The molecular weight excluding hydrogens is 294 g/mol. The summed E-state index contributed by atoms with van der Waals surface area (Å²) in [5, 5.41) is 4.40. The summed E-state index contributed by atoms with van der Waals surface area (Å²) in [5.41, 5.74) is 1.48. The molecule has 1 heterocycles. The molecule has 2 unspecified atom stereocenters. The molecule has 1 aliphatic heterocycles. The third-order valence-corrected chi connectivity index (χ3v) is 5.59. The van der Waals surface area contributed by atoms with E-state index in [9.17, 15) is 0 Å². The molecule has 1 aromatic rings. The highest BCUT2D eigenvalue weighted by atomic mass is 79.9. The van der Waals surface area contributed by atoms with Gasteiger partial charge in [0, 0.05) is 20.7 Å². The number of thioether (sulfide) groups is 1. The van der Waals surface area contributed by atoms with Gasteiger partial charge in [-0.05, 0) is 46.9 Å². The van der Waals surface area contributed by atoms with Crippen molar-refractivity contribution in [1.29, 1.82) is 0 Å². The van der Waals surface area contributed by atoms with Crippen LogP contribution in [0.1, 0.15) is 44.7 Å². The molecule has 1 nitrogen and oxygen atoms in total. The van der Waals surface area contributed by atoms with Crippen molar-refractivity contribution in [2.75, 3.05) is 6.54 Å². The van der Waals surface area contributed by atoms with E-state index in [4.69, 9.17) is 0 Å². The van der Waals surface area contributed by atoms with Gasteiger partial charge in [-0.25, -0.2) is 0 Å². The first-order valence-corrected chi connectivity index (χ1v) is 8.13. The van der Waals surface area contributed by atoms with Crippen LogP contribution in [0, 0.1) is 0 Å². The third-order valence-electron chi connectivity index (χ3n) is 3.16. The van der Waals surface area contributed by atoms with E-state index in [1.807, 2.05) is 11.8 Å². The maximum absolute atomic E-state index is 3.71. The van der Waals surface area contributed by atoms with Crippen molar-refractivity contribution in [1.82, 2.24) is 5.32 Å². The van der Waals surface area contributed by atoms with Gasteiger partial charge in [0.2, 0.25) is 0 Å². The van der Waals surface area contributed by atoms with Crippen LogP contribution in [0.4, 0.5) is 0 Å². The molecule has 17 heavy (non-hydrogen) atoms. The lowest BCUT2D eigenvalue weighted by Gasteiger charge is -2.20. The Balaban J connectivity index is 2.23. The summed E-state index contributed by atoms with van der Waals surface area (Å²) in [5.74, 6) is 0. The van der Waals surface area contributed by atoms with Crippen molar-refractivity contribution in [3.63, 3.8) is 0 Å². The average Bonchev–Trinajstić information content (AvgIpc) is 2.67. The Hall–Kier alpha value is 0.01000. The van der Waals surface area contributed by atoms with E-state index in [0.717, 1.165) is 6.54 Å². The molecule has 3 heteroatoms. The highest BCUT2D eigenvalue weighted by molar-refractivity contribution is 9.10. The van der Waals surface area contributed by atoms with Crippen molar-refractivity contribution in [3.8, 4) is 0 Å². The number of halogens is 1. The second kappa shape index (κ2) is 6.26. The Labute approximate surface area is 117 Å². The van der Waals surface area contributed by atoms with Gasteiger partial charge in [0.15, 0.2) is 0 Å². The standard InChI is InChI=1S/C14H20BrNS/c1-3-6-12-13(16-9-4-2)10-7-5-8-11(15)14(10)17-12/h5,7-8,12-13,16H,3-4,6,9H2,1-2H3. The molecule has 0 amide bonds. The Kier molecular flexibility index (Phi) is 4.95. The first-order valence-electron chi connectivity index (χ1n) is 6.46. The van der Waals surface area contributed by atoms with Gasteiger partial charge in [-0.15, -0.1) is 11.8 Å². The summed E-state index contributed by atoms with van der Waals surface area (Å²) < 4.78 is 1.25. The molecule has 0 aromatic heterocycles. The van der Waals surface area contributed by atoms with Crippen LogP contribution in [0.3, 0.4) is 0 Å². The molecule has 0 spiro atoms. The zero-order chi connectivity index (χ0) is 12.3. The van der Waals surface area contributed by atoms with Gasteiger partial charge in [-0.3, -0.25) is 0 Å². The number of benzene rings is 1. The lowest BCUT2D eigenvalue weighted by Crippen LogP contribution is -2.27. The Morgan fingerprint density at radius 3 is 2.82 bits per heavy atom. The smallest absolute Gasteiger partial charge is 0.0455 e. The topological polar surface area (TPSA) is 12.0 Å². The molecule has 2 rings (SSSR count). The van der Waals surface area contributed by atoms with E-state index in [-0.39, 0.29) is 0 Å². The molecule has 1 aromatic carbocycles. The third kappa shape index (κ3) is 2.88. The van der Waals surface area contributed by atoms with E-state index in [1.165, 1.54) is 34.2 Å². The molecule has 2 atom stereocenters. The molecule has 1 N–H and O–H groups in total. The van der Waals surface area contributed by atoms with Crippen LogP contribution in [0.25, 0.3) is 0 Å². The van der Waals surface area contributed by atoms with Crippen LogP contribution in [0.15, 0.2) is 27.6 Å². The number of rotatable bonds is 5. The second-order valence-corrected chi connectivity index (χ2v) is 6.64. The van der Waals surface area contributed by atoms with Gasteiger partial charge in [0.25, 0.3) is 0 Å². The van der Waals surface area contributed by atoms with E-state index in [2.05, 4.69) is 53.3 Å². The maximum atomic E-state index is 3.71. The van der Waals surface area contributed by atoms with Crippen molar-refractivity contribution >= 4 is 27.7 Å². The summed E-state index contributed by atoms with van der Waals surface area (Å²) in [6.45, 7) is 5.61. The maximum Gasteiger partial charge on any atom is 0.0455 e. The minimum Gasteiger partial charge on any atom is -0.309 e. The number of nitrogens with one attached hydrogen (secondary N) is 1. The monoisotopic (exact) mass is 313 g/mol. The number of hydrogen-bond donors (Lipinski definition) is 1. The zero-order valence-electron chi connectivity index (χ0n) is 10.5. The normalized spacial score (nSPS) is 22.8. The van der Waals surface area contributed by atoms with Crippen LogP contribution in [-0.2, 0) is 0 Å². The van der Waals surface area contributed by atoms with Crippen LogP contribution in [-0.4, -0.2) is 11.8 Å². The molecule has 0 fully saturated rings. The summed E-state index contributed by atoms with van der Waals surface area (Å²) in [6, 6.07) is 7.11. The average molecular weight is 314 g/mol. The van der Waals surface area contributed by atoms with Gasteiger partial charge in [-0.1, -0.05) is 32.4 Å². The van der Waals surface area contributed by atoms with E-state index < -0.39 is 0 Å². The van der Waals surface area contributed by atoms with E-state index in [0.29, 0.717) is 11.3 Å². The Morgan fingerprint density at radius 2 is 2.12 bits per heavy atom. The quantitative estimate of drug-likeness (QED) is 0.840.